The van der Waals surface area contributed by atoms with Crippen LogP contribution in [-0.4, -0.2) is 60.8 Å². The molecule has 0 aromatic heterocycles. The Kier molecular flexibility index (Phi) is 5.84. The highest BCUT2D eigenvalue weighted by molar-refractivity contribution is 6.52. The van der Waals surface area contributed by atoms with E-state index < -0.39 is 11.7 Å². The number of hydrogen-bond donors (Lipinski definition) is 0. The van der Waals surface area contributed by atoms with Crippen LogP contribution in [-0.2, 0) is 11.3 Å². The molecule has 0 radical (unpaired) electrons. The van der Waals surface area contributed by atoms with Crippen molar-refractivity contribution in [1.29, 1.82) is 0 Å². The van der Waals surface area contributed by atoms with E-state index in [1.807, 2.05) is 54.6 Å². The Hall–Kier alpha value is -3.28. The predicted molar refractivity (Wildman–Crippen MR) is 127 cm³/mol. The Labute approximate surface area is 188 Å². The first-order valence-electron chi connectivity index (χ1n) is 11.2. The van der Waals surface area contributed by atoms with Crippen molar-refractivity contribution in [3.8, 4) is 11.1 Å². The summed E-state index contributed by atoms with van der Waals surface area (Å²) in [4.78, 5) is 31.8. The van der Waals surface area contributed by atoms with E-state index in [1.54, 1.807) is 4.90 Å². The van der Waals surface area contributed by atoms with Crippen LogP contribution in [0.4, 0.5) is 5.69 Å². The quantitative estimate of drug-likeness (QED) is 0.565. The molecule has 2 aliphatic rings. The smallest absolute Gasteiger partial charge is 0.299 e. The van der Waals surface area contributed by atoms with Crippen LogP contribution < -0.4 is 4.90 Å². The van der Waals surface area contributed by atoms with Gasteiger partial charge in [0.15, 0.2) is 0 Å². The monoisotopic (exact) mass is 425 g/mol. The van der Waals surface area contributed by atoms with Crippen LogP contribution in [0, 0.1) is 0 Å². The van der Waals surface area contributed by atoms with Crippen molar-refractivity contribution in [1.82, 2.24) is 9.80 Å². The topological polar surface area (TPSA) is 43.9 Å². The maximum absolute atomic E-state index is 12.7. The van der Waals surface area contributed by atoms with Gasteiger partial charge in [-0.1, -0.05) is 66.7 Å². The molecule has 5 heteroatoms. The van der Waals surface area contributed by atoms with E-state index in [-0.39, 0.29) is 0 Å². The molecular weight excluding hydrogens is 398 g/mol. The third kappa shape index (κ3) is 4.22. The minimum absolute atomic E-state index is 0.398. The molecule has 0 saturated carbocycles. The van der Waals surface area contributed by atoms with Gasteiger partial charge in [0.25, 0.3) is 11.7 Å². The SMILES string of the molecule is O=C1C(=O)N(CCN2CCN(Cc3ccccc3)CC2)c2ccc(-c3ccccc3)cc21. The van der Waals surface area contributed by atoms with E-state index in [9.17, 15) is 9.59 Å². The van der Waals surface area contributed by atoms with E-state index in [0.29, 0.717) is 12.1 Å². The van der Waals surface area contributed by atoms with Crippen LogP contribution in [0.15, 0.2) is 78.9 Å². The summed E-state index contributed by atoms with van der Waals surface area (Å²) in [6.45, 7) is 6.27. The van der Waals surface area contributed by atoms with Gasteiger partial charge in [-0.2, -0.15) is 0 Å². The third-order valence-electron chi connectivity index (χ3n) is 6.43. The molecule has 2 heterocycles. The molecular formula is C27H27N3O2. The summed E-state index contributed by atoms with van der Waals surface area (Å²) in [6.07, 6.45) is 0. The number of carbonyl (C=O) groups is 2. The molecule has 32 heavy (non-hydrogen) atoms. The highest BCUT2D eigenvalue weighted by atomic mass is 16.2. The number of carbonyl (C=O) groups excluding carboxylic acids is 2. The van der Waals surface area contributed by atoms with Crippen molar-refractivity contribution in [2.75, 3.05) is 44.2 Å². The average molecular weight is 426 g/mol. The average Bonchev–Trinajstić information content (AvgIpc) is 3.09. The molecule has 0 atom stereocenters. The van der Waals surface area contributed by atoms with Gasteiger partial charge < -0.3 is 4.90 Å². The van der Waals surface area contributed by atoms with Gasteiger partial charge in [0, 0.05) is 45.8 Å². The summed E-state index contributed by atoms with van der Waals surface area (Å²) in [6, 6.07) is 26.3. The molecule has 162 valence electrons. The minimum Gasteiger partial charge on any atom is -0.303 e. The van der Waals surface area contributed by atoms with Crippen LogP contribution in [0.2, 0.25) is 0 Å². The number of ketones is 1. The lowest BCUT2D eigenvalue weighted by atomic mass is 10.0. The van der Waals surface area contributed by atoms with E-state index in [4.69, 9.17) is 0 Å². The highest BCUT2D eigenvalue weighted by Gasteiger charge is 2.36. The van der Waals surface area contributed by atoms with Crippen molar-refractivity contribution in [3.63, 3.8) is 0 Å². The first-order valence-corrected chi connectivity index (χ1v) is 11.2. The van der Waals surface area contributed by atoms with Gasteiger partial charge in [0.1, 0.15) is 0 Å². The zero-order valence-electron chi connectivity index (χ0n) is 18.1. The van der Waals surface area contributed by atoms with Crippen molar-refractivity contribution in [2.24, 2.45) is 0 Å². The number of nitrogens with zero attached hydrogens (tertiary/aromatic N) is 3. The van der Waals surface area contributed by atoms with Crippen LogP contribution in [0.3, 0.4) is 0 Å². The molecule has 0 spiro atoms. The Morgan fingerprint density at radius 3 is 2.03 bits per heavy atom. The van der Waals surface area contributed by atoms with Crippen molar-refractivity contribution < 1.29 is 9.59 Å². The zero-order valence-corrected chi connectivity index (χ0v) is 18.1. The number of hydrogen-bond acceptors (Lipinski definition) is 4. The Balaban J connectivity index is 1.20. The number of rotatable bonds is 6. The fourth-order valence-corrected chi connectivity index (χ4v) is 4.59. The van der Waals surface area contributed by atoms with E-state index >= 15 is 0 Å². The highest BCUT2D eigenvalue weighted by Crippen LogP contribution is 2.33. The van der Waals surface area contributed by atoms with Gasteiger partial charge in [-0.05, 0) is 28.8 Å². The molecule has 0 unspecified atom stereocenters. The second-order valence-corrected chi connectivity index (χ2v) is 8.49. The number of amides is 1. The lowest BCUT2D eigenvalue weighted by Gasteiger charge is -2.35. The summed E-state index contributed by atoms with van der Waals surface area (Å²) >= 11 is 0. The number of anilines is 1. The molecule has 5 rings (SSSR count). The van der Waals surface area contributed by atoms with E-state index in [2.05, 4.69) is 34.1 Å². The first-order chi connectivity index (χ1) is 15.7. The summed E-state index contributed by atoms with van der Waals surface area (Å²) < 4.78 is 0. The standard InChI is InChI=1S/C27H27N3O2/c31-26-24-19-23(22-9-5-2-6-10-22)11-12-25(24)30(27(26)32)18-17-28-13-15-29(16-14-28)20-21-7-3-1-4-8-21/h1-12,19H,13-18,20H2. The molecule has 3 aromatic carbocycles. The van der Waals surface area contributed by atoms with Crippen LogP contribution in [0.25, 0.3) is 11.1 Å². The Morgan fingerprint density at radius 1 is 0.656 bits per heavy atom. The minimum atomic E-state index is -0.409. The lowest BCUT2D eigenvalue weighted by molar-refractivity contribution is -0.114. The molecule has 0 aliphatic carbocycles. The number of piperazine rings is 1. The lowest BCUT2D eigenvalue weighted by Crippen LogP contribution is -2.48. The second kappa shape index (κ2) is 9.07. The maximum Gasteiger partial charge on any atom is 0.299 e. The largest absolute Gasteiger partial charge is 0.303 e. The number of benzene rings is 3. The normalized spacial score (nSPS) is 17.1. The second-order valence-electron chi connectivity index (χ2n) is 8.49. The molecule has 3 aromatic rings. The number of Topliss-reactive ketones (excluding diaryl/α,β-unsaturated/α-hetero) is 1. The summed E-state index contributed by atoms with van der Waals surface area (Å²) in [5, 5.41) is 0. The molecule has 1 saturated heterocycles. The van der Waals surface area contributed by atoms with Crippen LogP contribution >= 0.6 is 0 Å². The van der Waals surface area contributed by atoms with Crippen LogP contribution in [0.1, 0.15) is 15.9 Å². The Bertz CT molecular complexity index is 1110. The third-order valence-corrected chi connectivity index (χ3v) is 6.43. The molecule has 0 N–H and O–H groups in total. The molecule has 2 aliphatic heterocycles. The van der Waals surface area contributed by atoms with Crippen molar-refractivity contribution >= 4 is 17.4 Å². The van der Waals surface area contributed by atoms with Crippen molar-refractivity contribution in [2.45, 2.75) is 6.54 Å². The van der Waals surface area contributed by atoms with E-state index in [1.165, 1.54) is 5.56 Å². The summed E-state index contributed by atoms with van der Waals surface area (Å²) in [5.74, 6) is -0.807. The van der Waals surface area contributed by atoms with Gasteiger partial charge in [-0.15, -0.1) is 0 Å². The first kappa shape index (κ1) is 20.6. The van der Waals surface area contributed by atoms with Gasteiger partial charge in [0.05, 0.1) is 11.3 Å². The van der Waals surface area contributed by atoms with Gasteiger partial charge in [-0.25, -0.2) is 0 Å². The predicted octanol–water partition coefficient (Wildman–Crippen LogP) is 3.70. The Morgan fingerprint density at radius 2 is 1.31 bits per heavy atom. The molecule has 1 fully saturated rings. The summed E-state index contributed by atoms with van der Waals surface area (Å²) in [7, 11) is 0. The van der Waals surface area contributed by atoms with Gasteiger partial charge in [-0.3, -0.25) is 19.4 Å². The molecule has 0 bridgehead atoms. The van der Waals surface area contributed by atoms with Crippen LogP contribution in [0.5, 0.6) is 0 Å². The van der Waals surface area contributed by atoms with E-state index in [0.717, 1.165) is 56.1 Å². The number of fused-ring (bicyclic) bond motifs is 1. The fourth-order valence-electron chi connectivity index (χ4n) is 4.59. The molecule has 1 amide bonds. The summed E-state index contributed by atoms with van der Waals surface area (Å²) in [5.41, 5.74) is 4.60. The fraction of sp³-hybridized carbons (Fsp3) is 0.259. The van der Waals surface area contributed by atoms with Gasteiger partial charge >= 0.3 is 0 Å². The van der Waals surface area contributed by atoms with Gasteiger partial charge in [0.2, 0.25) is 0 Å². The maximum atomic E-state index is 12.7. The van der Waals surface area contributed by atoms with Crippen molar-refractivity contribution in [3.05, 3.63) is 90.0 Å². The molecule has 5 nitrogen and oxygen atoms in total. The zero-order chi connectivity index (χ0) is 21.9.